The monoisotopic (exact) mass is 413 g/mol. The highest BCUT2D eigenvalue weighted by molar-refractivity contribution is 8.14. The molecule has 2 heterocycles. The summed E-state index contributed by atoms with van der Waals surface area (Å²) in [5.74, 6) is 0.0394. The summed E-state index contributed by atoms with van der Waals surface area (Å²) in [5.41, 5.74) is 0.0675. The lowest BCUT2D eigenvalue weighted by atomic mass is 10.1. The first-order valence-electron chi connectivity index (χ1n) is 8.89. The van der Waals surface area contributed by atoms with Crippen LogP contribution in [0.4, 0.5) is 5.69 Å². The average Bonchev–Trinajstić information content (AvgIpc) is 3.09. The number of thioether (sulfide) groups is 1. The molecule has 1 aliphatic rings. The molecule has 9 nitrogen and oxygen atoms in total. The van der Waals surface area contributed by atoms with Crippen molar-refractivity contribution in [3.05, 3.63) is 18.0 Å². The molecule has 1 aliphatic heterocycles. The minimum absolute atomic E-state index is 0.00201. The molecule has 0 saturated carbocycles. The second-order valence-electron chi connectivity index (χ2n) is 6.21. The highest BCUT2D eigenvalue weighted by Crippen LogP contribution is 2.34. The smallest absolute Gasteiger partial charge is 0.334 e. The van der Waals surface area contributed by atoms with Gasteiger partial charge in [0.1, 0.15) is 16.5 Å². The lowest BCUT2D eigenvalue weighted by molar-refractivity contribution is -0.145. The van der Waals surface area contributed by atoms with Crippen LogP contribution in [0.25, 0.3) is 0 Å². The molecular weight excluding hydrogens is 386 g/mol. The molecule has 10 heteroatoms. The van der Waals surface area contributed by atoms with Crippen LogP contribution < -0.4 is 5.32 Å². The molecule has 2 rings (SSSR count). The number of ether oxygens (including phenoxy) is 4. The predicted octanol–water partition coefficient (Wildman–Crippen LogP) is 1.30. The van der Waals surface area contributed by atoms with Gasteiger partial charge in [-0.15, -0.1) is 11.8 Å². The Balaban J connectivity index is 1.78. The molecule has 0 fully saturated rings. The quantitative estimate of drug-likeness (QED) is 0.387. The van der Waals surface area contributed by atoms with Crippen molar-refractivity contribution < 1.29 is 28.8 Å². The van der Waals surface area contributed by atoms with Gasteiger partial charge >= 0.3 is 5.97 Å². The van der Waals surface area contributed by atoms with E-state index >= 15 is 0 Å². The maximum absolute atomic E-state index is 11.8. The lowest BCUT2D eigenvalue weighted by Crippen LogP contribution is -2.34. The van der Waals surface area contributed by atoms with Gasteiger partial charge in [0.25, 0.3) is 0 Å². The Labute approximate surface area is 168 Å². The first-order chi connectivity index (χ1) is 13.5. The molecule has 1 aromatic rings. The summed E-state index contributed by atoms with van der Waals surface area (Å²) in [6, 6.07) is 1.58. The maximum atomic E-state index is 11.8. The van der Waals surface area contributed by atoms with Gasteiger partial charge in [0.2, 0.25) is 0 Å². The van der Waals surface area contributed by atoms with Crippen molar-refractivity contribution in [2.45, 2.75) is 12.5 Å². The highest BCUT2D eigenvalue weighted by Gasteiger charge is 2.40. The molecule has 0 spiro atoms. The van der Waals surface area contributed by atoms with E-state index < -0.39 is 11.5 Å². The van der Waals surface area contributed by atoms with Gasteiger partial charge in [0.15, 0.2) is 5.54 Å². The molecule has 1 unspecified atom stereocenters. The molecule has 1 aromatic heterocycles. The lowest BCUT2D eigenvalue weighted by Gasteiger charge is -2.15. The summed E-state index contributed by atoms with van der Waals surface area (Å²) in [7, 11) is 2.96. The third-order valence-electron chi connectivity index (χ3n) is 3.91. The van der Waals surface area contributed by atoms with Gasteiger partial charge in [0, 0.05) is 25.5 Å². The zero-order chi connectivity index (χ0) is 20.4. The summed E-state index contributed by atoms with van der Waals surface area (Å²) in [4.78, 5) is 20.5. The van der Waals surface area contributed by atoms with Crippen LogP contribution in [-0.4, -0.2) is 86.2 Å². The average molecular weight is 413 g/mol. The van der Waals surface area contributed by atoms with E-state index in [2.05, 4.69) is 15.3 Å². The number of carbonyl (C=O) groups is 1. The van der Waals surface area contributed by atoms with Gasteiger partial charge in [-0.25, -0.2) is 9.78 Å². The fourth-order valence-electron chi connectivity index (χ4n) is 2.39. The number of carbonyl (C=O) groups excluding carboxylic acids is 1. The molecule has 0 radical (unpaired) electrons. The van der Waals surface area contributed by atoms with Crippen molar-refractivity contribution in [3.8, 4) is 5.75 Å². The molecule has 156 valence electrons. The van der Waals surface area contributed by atoms with Crippen molar-refractivity contribution in [1.29, 1.82) is 0 Å². The third-order valence-corrected chi connectivity index (χ3v) is 5.18. The molecule has 1 atom stereocenters. The Morgan fingerprint density at radius 2 is 1.96 bits per heavy atom. The summed E-state index contributed by atoms with van der Waals surface area (Å²) in [6.07, 6.45) is 1.61. The van der Waals surface area contributed by atoms with Crippen LogP contribution in [0.5, 0.6) is 5.75 Å². The van der Waals surface area contributed by atoms with Gasteiger partial charge in [0.05, 0.1) is 52.0 Å². The first-order valence-corrected chi connectivity index (χ1v) is 9.87. The zero-order valence-corrected chi connectivity index (χ0v) is 17.2. The largest absolute Gasteiger partial charge is 0.506 e. The summed E-state index contributed by atoms with van der Waals surface area (Å²) in [6.45, 7) is 4.91. The maximum Gasteiger partial charge on any atom is 0.334 e. The summed E-state index contributed by atoms with van der Waals surface area (Å²) < 4.78 is 20.4. The van der Waals surface area contributed by atoms with E-state index in [1.165, 1.54) is 18.9 Å². The van der Waals surface area contributed by atoms with E-state index in [1.807, 2.05) is 0 Å². The Kier molecular flexibility index (Phi) is 8.97. The van der Waals surface area contributed by atoms with Gasteiger partial charge in [-0.05, 0) is 6.92 Å². The number of rotatable bonds is 12. The predicted molar refractivity (Wildman–Crippen MR) is 107 cm³/mol. The van der Waals surface area contributed by atoms with E-state index in [-0.39, 0.29) is 5.75 Å². The molecule has 0 amide bonds. The number of nitrogens with one attached hydrogen (secondary N) is 1. The molecule has 0 aliphatic carbocycles. The molecule has 2 N–H and O–H groups in total. The second kappa shape index (κ2) is 11.2. The second-order valence-corrected chi connectivity index (χ2v) is 7.17. The standard InChI is InChI=1S/C18H27N3O6S/c1-18(17(23)25-3)12-28-16(21-18)15-14(22)10-13(11-20-15)19-4-5-26-8-9-27-7-6-24-2/h10-11,19,22H,4-9,12H2,1-3H3. The Morgan fingerprint density at radius 3 is 2.64 bits per heavy atom. The Hall–Kier alpha value is -1.88. The van der Waals surface area contributed by atoms with Crippen molar-refractivity contribution in [2.24, 2.45) is 4.99 Å². The van der Waals surface area contributed by atoms with Crippen LogP contribution in [0, 0.1) is 0 Å². The number of aromatic nitrogens is 1. The number of aliphatic imine (C=N–C) groups is 1. The number of hydrogen-bond acceptors (Lipinski definition) is 10. The minimum atomic E-state index is -0.954. The van der Waals surface area contributed by atoms with E-state index in [0.29, 0.717) is 61.8 Å². The topological polar surface area (TPSA) is 112 Å². The van der Waals surface area contributed by atoms with Gasteiger partial charge in [-0.1, -0.05) is 0 Å². The van der Waals surface area contributed by atoms with Crippen LogP contribution >= 0.6 is 11.8 Å². The normalized spacial score (nSPS) is 18.8. The van der Waals surface area contributed by atoms with Crippen LogP contribution in [0.15, 0.2) is 17.3 Å². The number of methoxy groups -OCH3 is 2. The van der Waals surface area contributed by atoms with Crippen LogP contribution in [0.2, 0.25) is 0 Å². The fraction of sp³-hybridized carbons (Fsp3) is 0.611. The highest BCUT2D eigenvalue weighted by atomic mass is 32.2. The summed E-state index contributed by atoms with van der Waals surface area (Å²) >= 11 is 1.37. The fourth-order valence-corrected chi connectivity index (χ4v) is 3.55. The molecule has 28 heavy (non-hydrogen) atoms. The number of hydrogen-bond donors (Lipinski definition) is 2. The Morgan fingerprint density at radius 1 is 1.25 bits per heavy atom. The minimum Gasteiger partial charge on any atom is -0.506 e. The molecule has 0 bridgehead atoms. The molecule has 0 aromatic carbocycles. The first kappa shape index (κ1) is 22.4. The van der Waals surface area contributed by atoms with Crippen LogP contribution in [0.3, 0.4) is 0 Å². The van der Waals surface area contributed by atoms with Crippen molar-refractivity contribution in [2.75, 3.05) is 64.9 Å². The number of esters is 1. The van der Waals surface area contributed by atoms with E-state index in [9.17, 15) is 9.90 Å². The van der Waals surface area contributed by atoms with Gasteiger partial charge < -0.3 is 29.4 Å². The van der Waals surface area contributed by atoms with Crippen molar-refractivity contribution in [1.82, 2.24) is 4.98 Å². The SMILES string of the molecule is COCCOCCOCCNc1cnc(C2=NC(C)(C(=O)OC)CS2)c(O)c1. The van der Waals surface area contributed by atoms with Crippen molar-refractivity contribution >= 4 is 28.5 Å². The number of anilines is 1. The third kappa shape index (κ3) is 6.33. The summed E-state index contributed by atoms with van der Waals surface area (Å²) in [5, 5.41) is 13.9. The van der Waals surface area contributed by atoms with Gasteiger partial charge in [-0.3, -0.25) is 4.99 Å². The number of nitrogens with zero attached hydrogens (tertiary/aromatic N) is 2. The molecule has 0 saturated heterocycles. The van der Waals surface area contributed by atoms with Crippen LogP contribution in [-0.2, 0) is 23.7 Å². The van der Waals surface area contributed by atoms with E-state index in [0.717, 1.165) is 0 Å². The number of pyridine rings is 1. The Bertz CT molecular complexity index is 687. The van der Waals surface area contributed by atoms with Crippen molar-refractivity contribution in [3.63, 3.8) is 0 Å². The van der Waals surface area contributed by atoms with E-state index in [1.54, 1.807) is 26.3 Å². The molecular formula is C18H27N3O6S. The van der Waals surface area contributed by atoms with Crippen LogP contribution in [0.1, 0.15) is 12.6 Å². The van der Waals surface area contributed by atoms with Gasteiger partial charge in [-0.2, -0.15) is 0 Å². The van der Waals surface area contributed by atoms with E-state index in [4.69, 9.17) is 18.9 Å². The zero-order valence-electron chi connectivity index (χ0n) is 16.4. The number of aromatic hydroxyl groups is 1.